The molecule has 0 spiro atoms. The highest BCUT2D eigenvalue weighted by Gasteiger charge is 2.20. The van der Waals surface area contributed by atoms with E-state index in [9.17, 15) is 0 Å². The Morgan fingerprint density at radius 3 is 1.22 bits per heavy atom. The van der Waals surface area contributed by atoms with E-state index >= 15 is 0 Å². The van der Waals surface area contributed by atoms with Crippen LogP contribution >= 0.6 is 0 Å². The van der Waals surface area contributed by atoms with Crippen molar-refractivity contribution in [1.29, 1.82) is 0 Å². The molecule has 0 atom stereocenters. The lowest BCUT2D eigenvalue weighted by Crippen LogP contribution is -2.13. The Hall–Kier alpha value is -6.11. The average Bonchev–Trinajstić information content (AvgIpc) is 4.03. The van der Waals surface area contributed by atoms with Gasteiger partial charge in [-0.3, -0.25) is 30.0 Å². The maximum Gasteiger partial charge on any atom is 0.231 e. The lowest BCUT2D eigenvalue weighted by atomic mass is 9.88. The lowest BCUT2D eigenvalue weighted by Gasteiger charge is -2.17. The molecule has 0 fully saturated rings. The number of nitrogens with zero attached hydrogens (tertiary/aromatic N) is 11. The van der Waals surface area contributed by atoms with E-state index in [1.807, 2.05) is 75.9 Å². The highest BCUT2D eigenvalue weighted by molar-refractivity contribution is 5.19. The molecule has 0 unspecified atom stereocenters. The summed E-state index contributed by atoms with van der Waals surface area (Å²) in [6.45, 7) is 44.7. The molecule has 0 amide bonds. The predicted molar refractivity (Wildman–Crippen MR) is 278 cm³/mol. The van der Waals surface area contributed by atoms with Gasteiger partial charge in [-0.25, -0.2) is 4.98 Å². The van der Waals surface area contributed by atoms with Crippen LogP contribution in [0.4, 0.5) is 0 Å². The molecule has 7 heterocycles. The zero-order chi connectivity index (χ0) is 51.9. The van der Waals surface area contributed by atoms with Gasteiger partial charge in [0.2, 0.25) is 5.89 Å². The number of hydrogen-bond donors (Lipinski definition) is 1. The summed E-state index contributed by atoms with van der Waals surface area (Å²) in [6.07, 6.45) is 19.1. The summed E-state index contributed by atoms with van der Waals surface area (Å²) < 4.78 is 4.84. The molecule has 0 aliphatic heterocycles. The van der Waals surface area contributed by atoms with E-state index < -0.39 is 0 Å². The van der Waals surface area contributed by atoms with Gasteiger partial charge in [-0.2, -0.15) is 20.3 Å². The summed E-state index contributed by atoms with van der Waals surface area (Å²) >= 11 is 0. The molecule has 13 nitrogen and oxygen atoms in total. The maximum atomic E-state index is 4.84. The molecule has 0 bridgehead atoms. The first-order chi connectivity index (χ1) is 31.2. The van der Waals surface area contributed by atoms with Crippen molar-refractivity contribution in [3.8, 4) is 0 Å². The molecule has 0 saturated heterocycles. The van der Waals surface area contributed by atoms with Crippen LogP contribution < -0.4 is 0 Å². The van der Waals surface area contributed by atoms with Crippen molar-refractivity contribution >= 4 is 0 Å². The van der Waals surface area contributed by atoms with Gasteiger partial charge in [0.1, 0.15) is 12.2 Å². The smallest absolute Gasteiger partial charge is 0.231 e. The zero-order valence-corrected chi connectivity index (χ0v) is 45.4. The number of aromatic nitrogens is 12. The first kappa shape index (κ1) is 59.9. The van der Waals surface area contributed by atoms with Crippen LogP contribution in [0.2, 0.25) is 0 Å². The number of H-pyrrole nitrogens is 1. The van der Waals surface area contributed by atoms with Crippen LogP contribution in [0.15, 0.2) is 128 Å². The minimum atomic E-state index is -0.0174. The Morgan fingerprint density at radius 1 is 0.382 bits per heavy atom. The van der Waals surface area contributed by atoms with Crippen molar-refractivity contribution in [2.24, 2.45) is 0 Å². The third-order valence-electron chi connectivity index (χ3n) is 9.31. The molecule has 0 saturated carbocycles. The molecule has 0 aromatic carbocycles. The molecule has 68 heavy (non-hydrogen) atoms. The molecule has 0 radical (unpaired) electrons. The quantitative estimate of drug-likeness (QED) is 0.153. The Bertz CT molecular complexity index is 1940. The van der Waals surface area contributed by atoms with Gasteiger partial charge in [-0.1, -0.05) is 163 Å². The second-order valence-corrected chi connectivity index (χ2v) is 23.2. The normalized spacial score (nSPS) is 11.6. The van der Waals surface area contributed by atoms with Gasteiger partial charge in [0.05, 0.1) is 11.4 Å². The Labute approximate surface area is 409 Å². The van der Waals surface area contributed by atoms with E-state index in [0.29, 0.717) is 5.89 Å². The van der Waals surface area contributed by atoms with Crippen LogP contribution in [-0.2, 0) is 37.9 Å². The number of nitrogens with one attached hydrogen (secondary N) is 1. The summed E-state index contributed by atoms with van der Waals surface area (Å²) in [5, 5.41) is 17.9. The van der Waals surface area contributed by atoms with Gasteiger partial charge in [0, 0.05) is 88.5 Å². The standard InChI is InChI=1S/3C9H13N.2C8H12N2.C6H11N3.C6H10N2O/c1-9(2,3)8-4-6-10-7-5-8;1-9(2,3)8-5-4-6-10-7-8;1-9(2,3)8-6-4-5-7-10-8;1-8(2,3)7-6-9-4-5-10-7;1-8(2,3)7-5-4-6-9-10-7;2*1-6(2,3)5-7-4-8-9-5/h3*4-7H,1-3H3;2*4-6H,1-3H3;4H,1-3H3,(H,7,8,9);4H,1-3H3. The topological polar surface area (TPSA) is 171 Å². The van der Waals surface area contributed by atoms with Crippen molar-refractivity contribution in [2.75, 3.05) is 0 Å². The lowest BCUT2D eigenvalue weighted by molar-refractivity contribution is 0.320. The minimum absolute atomic E-state index is 0.0174. The van der Waals surface area contributed by atoms with E-state index in [4.69, 9.17) is 4.52 Å². The summed E-state index contributed by atoms with van der Waals surface area (Å²) in [7, 11) is 0. The third-order valence-corrected chi connectivity index (χ3v) is 9.31. The zero-order valence-electron chi connectivity index (χ0n) is 45.4. The molecule has 370 valence electrons. The van der Waals surface area contributed by atoms with Gasteiger partial charge < -0.3 is 4.52 Å². The Morgan fingerprint density at radius 2 is 0.941 bits per heavy atom. The number of pyridine rings is 3. The van der Waals surface area contributed by atoms with Gasteiger partial charge in [0.25, 0.3) is 0 Å². The van der Waals surface area contributed by atoms with Crippen LogP contribution in [0.3, 0.4) is 0 Å². The molecule has 1 N–H and O–H groups in total. The number of aromatic amines is 1. The van der Waals surface area contributed by atoms with E-state index in [1.54, 1.807) is 31.0 Å². The average molecular weight is 929 g/mol. The van der Waals surface area contributed by atoms with E-state index in [1.165, 1.54) is 23.8 Å². The van der Waals surface area contributed by atoms with Gasteiger partial charge >= 0.3 is 0 Å². The SMILES string of the molecule is CC(C)(C)c1ccccn1.CC(C)(C)c1cccnc1.CC(C)(C)c1cccnn1.CC(C)(C)c1ccncc1.CC(C)(C)c1cnccn1.CC(C)(C)c1ncn[nH]1.CC(C)(C)c1ncno1. The van der Waals surface area contributed by atoms with Gasteiger partial charge in [0.15, 0.2) is 6.33 Å². The first-order valence-electron chi connectivity index (χ1n) is 23.1. The third kappa shape index (κ3) is 25.7. The summed E-state index contributed by atoms with van der Waals surface area (Å²) in [6, 6.07) is 18.1. The van der Waals surface area contributed by atoms with Crippen molar-refractivity contribution < 1.29 is 4.52 Å². The van der Waals surface area contributed by atoms with Gasteiger partial charge in [-0.15, -0.1) is 0 Å². The molecule has 7 rings (SSSR count). The van der Waals surface area contributed by atoms with Crippen LogP contribution in [-0.4, -0.2) is 60.4 Å². The molecule has 7 aromatic rings. The van der Waals surface area contributed by atoms with Crippen LogP contribution in [0.1, 0.15) is 185 Å². The fourth-order valence-electron chi connectivity index (χ4n) is 4.92. The highest BCUT2D eigenvalue weighted by atomic mass is 16.5. The molecule has 13 heteroatoms. The van der Waals surface area contributed by atoms with E-state index in [0.717, 1.165) is 22.9 Å². The molecular formula is C55H84N12O. The summed E-state index contributed by atoms with van der Waals surface area (Å²) in [4.78, 5) is 28.4. The molecule has 0 aliphatic rings. The molecule has 0 aliphatic carbocycles. The van der Waals surface area contributed by atoms with Crippen molar-refractivity contribution in [3.05, 3.63) is 163 Å². The highest BCUT2D eigenvalue weighted by Crippen LogP contribution is 2.23. The van der Waals surface area contributed by atoms with Gasteiger partial charge in [-0.05, 0) is 64.4 Å². The summed E-state index contributed by atoms with van der Waals surface area (Å²) in [5.74, 6) is 1.62. The molecule has 7 aromatic heterocycles. The fourth-order valence-corrected chi connectivity index (χ4v) is 4.92. The van der Waals surface area contributed by atoms with Crippen molar-refractivity contribution in [3.63, 3.8) is 0 Å². The van der Waals surface area contributed by atoms with Crippen molar-refractivity contribution in [1.82, 2.24) is 60.4 Å². The van der Waals surface area contributed by atoms with Crippen LogP contribution in [0.25, 0.3) is 0 Å². The van der Waals surface area contributed by atoms with Crippen molar-refractivity contribution in [2.45, 2.75) is 183 Å². The summed E-state index contributed by atoms with van der Waals surface area (Å²) in [5.41, 5.74) is 6.83. The van der Waals surface area contributed by atoms with Crippen LogP contribution in [0.5, 0.6) is 0 Å². The second-order valence-electron chi connectivity index (χ2n) is 23.2. The van der Waals surface area contributed by atoms with E-state index in [2.05, 4.69) is 209 Å². The minimum Gasteiger partial charge on any atom is -0.339 e. The van der Waals surface area contributed by atoms with E-state index in [-0.39, 0.29) is 37.9 Å². The Kier molecular flexibility index (Phi) is 23.8. The van der Waals surface area contributed by atoms with Crippen LogP contribution in [0, 0.1) is 0 Å². The monoisotopic (exact) mass is 929 g/mol. The maximum absolute atomic E-state index is 4.84. The molecular weight excluding hydrogens is 845 g/mol. The Balaban J connectivity index is 0.000000397. The predicted octanol–water partition coefficient (Wildman–Crippen LogP) is 13.2. The second kappa shape index (κ2) is 27.0. The number of rotatable bonds is 0. The largest absolute Gasteiger partial charge is 0.339 e. The fraction of sp³-hybridized carbons (Fsp3) is 0.509. The number of hydrogen-bond acceptors (Lipinski definition) is 12. The first-order valence-corrected chi connectivity index (χ1v) is 23.1.